The molecule has 0 amide bonds. The lowest BCUT2D eigenvalue weighted by molar-refractivity contribution is -0.0643. The molecule has 1 aromatic carbocycles. The van der Waals surface area contributed by atoms with Crippen molar-refractivity contribution in [2.75, 3.05) is 13.1 Å². The van der Waals surface area contributed by atoms with E-state index in [1.54, 1.807) is 24.5 Å². The van der Waals surface area contributed by atoms with Crippen LogP contribution in [0.15, 0.2) is 53.7 Å². The number of sulfonamides is 1. The van der Waals surface area contributed by atoms with E-state index >= 15 is 0 Å². The summed E-state index contributed by atoms with van der Waals surface area (Å²) in [4.78, 5) is 4.38. The molecule has 1 aromatic heterocycles. The standard InChI is InChI=1S/C19H21ClN2O3S/c20-16-5-7-17(8-6-16)26(24,25)22-12-14-3-1-9-19(23,18(14)13-22)15-4-2-10-21-11-15/h2,4-8,10-11,14,18,23H,1,3,9,12-13H2. The number of rotatable bonds is 3. The molecule has 1 aliphatic heterocycles. The van der Waals surface area contributed by atoms with E-state index in [4.69, 9.17) is 11.6 Å². The van der Waals surface area contributed by atoms with E-state index in [2.05, 4.69) is 4.98 Å². The molecule has 4 rings (SSSR count). The molecule has 0 spiro atoms. The molecule has 138 valence electrons. The predicted octanol–water partition coefficient (Wildman–Crippen LogP) is 3.04. The van der Waals surface area contributed by atoms with Gasteiger partial charge in [-0.25, -0.2) is 8.42 Å². The molecular weight excluding hydrogens is 372 g/mol. The minimum Gasteiger partial charge on any atom is -0.385 e. The van der Waals surface area contributed by atoms with E-state index in [1.807, 2.05) is 12.1 Å². The van der Waals surface area contributed by atoms with Crippen molar-refractivity contribution in [3.8, 4) is 0 Å². The van der Waals surface area contributed by atoms with E-state index in [0.717, 1.165) is 18.4 Å². The summed E-state index contributed by atoms with van der Waals surface area (Å²) in [5.41, 5.74) is -0.248. The number of fused-ring (bicyclic) bond motifs is 1. The summed E-state index contributed by atoms with van der Waals surface area (Å²) in [5.74, 6) is 0.0264. The van der Waals surface area contributed by atoms with Crippen LogP contribution in [0.25, 0.3) is 0 Å². The van der Waals surface area contributed by atoms with Crippen LogP contribution in [0.2, 0.25) is 5.02 Å². The molecule has 2 fully saturated rings. The summed E-state index contributed by atoms with van der Waals surface area (Å²) < 4.78 is 27.6. The fourth-order valence-corrected chi connectivity index (χ4v) is 6.06. The Kier molecular flexibility index (Phi) is 4.55. The Labute approximate surface area is 158 Å². The summed E-state index contributed by atoms with van der Waals surface area (Å²) in [6.07, 6.45) is 5.81. The number of hydrogen-bond donors (Lipinski definition) is 1. The largest absolute Gasteiger partial charge is 0.385 e. The van der Waals surface area contributed by atoms with Gasteiger partial charge in [0.05, 0.1) is 10.5 Å². The van der Waals surface area contributed by atoms with Crippen LogP contribution in [0.3, 0.4) is 0 Å². The molecule has 0 radical (unpaired) electrons. The van der Waals surface area contributed by atoms with Crippen LogP contribution < -0.4 is 0 Å². The van der Waals surface area contributed by atoms with Gasteiger partial charge in [-0.05, 0) is 55.5 Å². The maximum absolute atomic E-state index is 13.0. The quantitative estimate of drug-likeness (QED) is 0.871. The number of aliphatic hydroxyl groups is 1. The van der Waals surface area contributed by atoms with E-state index in [0.29, 0.717) is 24.5 Å². The van der Waals surface area contributed by atoms with Gasteiger partial charge < -0.3 is 5.11 Å². The number of benzene rings is 1. The third-order valence-electron chi connectivity index (χ3n) is 5.77. The zero-order chi connectivity index (χ0) is 18.4. The van der Waals surface area contributed by atoms with E-state index in [1.165, 1.54) is 16.4 Å². The van der Waals surface area contributed by atoms with Crippen molar-refractivity contribution in [1.82, 2.24) is 9.29 Å². The Morgan fingerprint density at radius 1 is 1.19 bits per heavy atom. The molecule has 1 saturated heterocycles. The van der Waals surface area contributed by atoms with Crippen molar-refractivity contribution in [2.45, 2.75) is 29.8 Å². The maximum Gasteiger partial charge on any atom is 0.243 e. The molecule has 1 aliphatic carbocycles. The fourth-order valence-electron chi connectivity index (χ4n) is 4.41. The summed E-state index contributed by atoms with van der Waals surface area (Å²) >= 11 is 5.88. The second-order valence-corrected chi connectivity index (χ2v) is 9.58. The maximum atomic E-state index is 13.0. The summed E-state index contributed by atoms with van der Waals surface area (Å²) in [5, 5.41) is 11.9. The lowest BCUT2D eigenvalue weighted by Crippen LogP contribution is -2.43. The highest BCUT2D eigenvalue weighted by Gasteiger charge is 2.52. The number of aromatic nitrogens is 1. The Bertz CT molecular complexity index is 889. The number of nitrogens with zero attached hydrogens (tertiary/aromatic N) is 2. The monoisotopic (exact) mass is 392 g/mol. The summed E-state index contributed by atoms with van der Waals surface area (Å²) in [7, 11) is -3.60. The molecule has 1 N–H and O–H groups in total. The molecule has 2 aliphatic rings. The Balaban J connectivity index is 1.65. The lowest BCUT2D eigenvalue weighted by atomic mass is 9.68. The van der Waals surface area contributed by atoms with Gasteiger partial charge in [-0.3, -0.25) is 4.98 Å². The van der Waals surface area contributed by atoms with Gasteiger partial charge in [-0.2, -0.15) is 4.31 Å². The molecular formula is C19H21ClN2O3S. The van der Waals surface area contributed by atoms with Gasteiger partial charge in [0.15, 0.2) is 0 Å². The highest BCUT2D eigenvalue weighted by atomic mass is 35.5. The lowest BCUT2D eigenvalue weighted by Gasteiger charge is -2.41. The fraction of sp³-hybridized carbons (Fsp3) is 0.421. The van der Waals surface area contributed by atoms with Gasteiger partial charge in [0.2, 0.25) is 10.0 Å². The van der Waals surface area contributed by atoms with Crippen LogP contribution in [0.1, 0.15) is 24.8 Å². The van der Waals surface area contributed by atoms with Crippen molar-refractivity contribution < 1.29 is 13.5 Å². The predicted molar refractivity (Wildman–Crippen MR) is 99.2 cm³/mol. The Morgan fingerprint density at radius 3 is 2.65 bits per heavy atom. The van der Waals surface area contributed by atoms with Crippen LogP contribution in [0, 0.1) is 11.8 Å². The van der Waals surface area contributed by atoms with Gasteiger partial charge in [0.25, 0.3) is 0 Å². The van der Waals surface area contributed by atoms with Gasteiger partial charge >= 0.3 is 0 Å². The smallest absolute Gasteiger partial charge is 0.243 e. The summed E-state index contributed by atoms with van der Waals surface area (Å²) in [6, 6.07) is 9.94. The van der Waals surface area contributed by atoms with Crippen molar-refractivity contribution in [3.05, 3.63) is 59.4 Å². The van der Waals surface area contributed by atoms with Gasteiger partial charge in [-0.1, -0.05) is 17.7 Å². The third-order valence-corrected chi connectivity index (χ3v) is 7.86. The molecule has 3 unspecified atom stereocenters. The average Bonchev–Trinajstić information content (AvgIpc) is 3.10. The van der Waals surface area contributed by atoms with Crippen LogP contribution in [-0.2, 0) is 15.6 Å². The molecule has 1 saturated carbocycles. The number of pyridine rings is 1. The topological polar surface area (TPSA) is 70.5 Å². The molecule has 3 atom stereocenters. The van der Waals surface area contributed by atoms with Gasteiger partial charge in [-0.15, -0.1) is 0 Å². The summed E-state index contributed by atoms with van der Waals surface area (Å²) in [6.45, 7) is 0.763. The first-order valence-electron chi connectivity index (χ1n) is 8.80. The molecule has 7 heteroatoms. The van der Waals surface area contributed by atoms with E-state index in [9.17, 15) is 13.5 Å². The van der Waals surface area contributed by atoms with Crippen LogP contribution in [0.5, 0.6) is 0 Å². The first-order valence-corrected chi connectivity index (χ1v) is 10.6. The SMILES string of the molecule is O=S(=O)(c1ccc(Cl)cc1)N1CC2CCCC(O)(c3cccnc3)C2C1. The molecule has 5 nitrogen and oxygen atoms in total. The second-order valence-electron chi connectivity index (χ2n) is 7.20. The second kappa shape index (κ2) is 6.60. The van der Waals surface area contributed by atoms with E-state index < -0.39 is 15.6 Å². The van der Waals surface area contributed by atoms with Crippen molar-refractivity contribution in [1.29, 1.82) is 0 Å². The number of hydrogen-bond acceptors (Lipinski definition) is 4. The number of halogens is 1. The molecule has 2 aromatic rings. The first kappa shape index (κ1) is 17.9. The zero-order valence-electron chi connectivity index (χ0n) is 14.3. The third kappa shape index (κ3) is 2.95. The van der Waals surface area contributed by atoms with E-state index in [-0.39, 0.29) is 16.7 Å². The van der Waals surface area contributed by atoms with Gasteiger partial charge in [0.1, 0.15) is 0 Å². The van der Waals surface area contributed by atoms with Crippen molar-refractivity contribution in [3.63, 3.8) is 0 Å². The normalized spacial score (nSPS) is 29.5. The Morgan fingerprint density at radius 2 is 1.96 bits per heavy atom. The minimum atomic E-state index is -3.60. The highest BCUT2D eigenvalue weighted by molar-refractivity contribution is 7.89. The Hall–Kier alpha value is -1.47. The minimum absolute atomic E-state index is 0.123. The van der Waals surface area contributed by atoms with Crippen molar-refractivity contribution in [2.24, 2.45) is 11.8 Å². The van der Waals surface area contributed by atoms with Crippen molar-refractivity contribution >= 4 is 21.6 Å². The van der Waals surface area contributed by atoms with Gasteiger partial charge in [0, 0.05) is 42.0 Å². The van der Waals surface area contributed by atoms with Crippen LogP contribution >= 0.6 is 11.6 Å². The highest BCUT2D eigenvalue weighted by Crippen LogP contribution is 2.48. The average molecular weight is 393 g/mol. The van der Waals surface area contributed by atoms with Crippen LogP contribution in [-0.4, -0.2) is 35.9 Å². The van der Waals surface area contributed by atoms with Crippen LogP contribution in [0.4, 0.5) is 0 Å². The molecule has 2 heterocycles. The molecule has 0 bridgehead atoms. The molecule has 26 heavy (non-hydrogen) atoms. The zero-order valence-corrected chi connectivity index (χ0v) is 15.8. The first-order chi connectivity index (χ1) is 12.4.